The molecule has 11 aromatic rings. The summed E-state index contributed by atoms with van der Waals surface area (Å²) in [6, 6.07) is 87.7. The van der Waals surface area contributed by atoms with Crippen molar-refractivity contribution in [3.63, 3.8) is 0 Å². The van der Waals surface area contributed by atoms with Gasteiger partial charge in [-0.25, -0.2) is 9.97 Å². The first-order valence-electron chi connectivity index (χ1n) is 24.4. The molecule has 0 unspecified atom stereocenters. The Balaban J connectivity index is 1.24. The molecule has 72 heavy (non-hydrogen) atoms. The zero-order valence-electron chi connectivity index (χ0n) is 40.1. The number of hydrogen-bond donors (Lipinski definition) is 0. The third-order valence-corrected chi connectivity index (χ3v) is 14.5. The molecule has 9 aromatic carbocycles. The predicted octanol–water partition coefficient (Wildman–Crippen LogP) is 18.4. The van der Waals surface area contributed by atoms with E-state index in [2.05, 4.69) is 254 Å². The van der Waals surface area contributed by atoms with Gasteiger partial charge in [-0.15, -0.1) is 11.3 Å². The third kappa shape index (κ3) is 9.04. The van der Waals surface area contributed by atoms with Crippen molar-refractivity contribution in [1.29, 1.82) is 0 Å². The number of fused-ring (bicyclic) bond motifs is 3. The molecule has 2 heterocycles. The molecule has 0 saturated carbocycles. The average Bonchev–Trinajstić information content (AvgIpc) is 3.84. The summed E-state index contributed by atoms with van der Waals surface area (Å²) < 4.78 is 2.20. The van der Waals surface area contributed by atoms with Crippen LogP contribution in [0.4, 0.5) is 5.69 Å². The van der Waals surface area contributed by atoms with Crippen molar-refractivity contribution < 1.29 is 0 Å². The number of thiophene rings is 1. The number of rotatable bonds is 14. The molecule has 0 amide bonds. The van der Waals surface area contributed by atoms with Gasteiger partial charge in [0, 0.05) is 60.8 Å². The van der Waals surface area contributed by atoms with Crippen LogP contribution in [0.3, 0.4) is 0 Å². The summed E-state index contributed by atoms with van der Waals surface area (Å²) in [7, 11) is 0. The van der Waals surface area contributed by atoms with Gasteiger partial charge in [0.2, 0.25) is 0 Å². The quantitative estimate of drug-likeness (QED) is 0.102. The highest BCUT2D eigenvalue weighted by atomic mass is 32.1. The van der Waals surface area contributed by atoms with E-state index in [4.69, 9.17) is 23.1 Å². The lowest BCUT2D eigenvalue weighted by Crippen LogP contribution is -2.24. The minimum Gasteiger partial charge on any atom is -0.309 e. The minimum absolute atomic E-state index is 0.102. The SMILES string of the molecule is C=C(/C(=C\C)c1ccccc1)N(C(=C)/C(=C\C(c1ccccc1)c1ccccc1)c1ccccc1)c1c(-c2ccccc2)cc(-c2nc(-c3ccccc3)nc3c2sc2ccccc23)cc1-c1ccccc1. The maximum atomic E-state index is 5.52. The highest BCUT2D eigenvalue weighted by Gasteiger charge is 2.30. The molecule has 3 nitrogen and oxygen atoms in total. The van der Waals surface area contributed by atoms with Crippen LogP contribution in [0.5, 0.6) is 0 Å². The molecular formula is C68H51N3S. The van der Waals surface area contributed by atoms with Crippen molar-refractivity contribution in [2.45, 2.75) is 12.8 Å². The lowest BCUT2D eigenvalue weighted by atomic mass is 9.86. The van der Waals surface area contributed by atoms with Crippen LogP contribution in [0.15, 0.2) is 285 Å². The van der Waals surface area contributed by atoms with E-state index >= 15 is 0 Å². The molecule has 0 N–H and O–H groups in total. The van der Waals surface area contributed by atoms with Crippen LogP contribution >= 0.6 is 11.3 Å². The molecule has 11 rings (SSSR count). The predicted molar refractivity (Wildman–Crippen MR) is 307 cm³/mol. The molecule has 0 atom stereocenters. The Morgan fingerprint density at radius 1 is 0.472 bits per heavy atom. The summed E-state index contributed by atoms with van der Waals surface area (Å²) >= 11 is 1.74. The van der Waals surface area contributed by atoms with Crippen molar-refractivity contribution in [1.82, 2.24) is 9.97 Å². The van der Waals surface area contributed by atoms with Gasteiger partial charge >= 0.3 is 0 Å². The lowest BCUT2D eigenvalue weighted by Gasteiger charge is -2.36. The fraction of sp³-hybridized carbons (Fsp3) is 0.0294. The Labute approximate surface area is 426 Å². The van der Waals surface area contributed by atoms with Crippen LogP contribution in [0, 0.1) is 0 Å². The van der Waals surface area contributed by atoms with Crippen LogP contribution in [-0.2, 0) is 0 Å². The lowest BCUT2D eigenvalue weighted by molar-refractivity contribution is 1.02. The largest absolute Gasteiger partial charge is 0.309 e. The van der Waals surface area contributed by atoms with Crippen molar-refractivity contribution in [3.05, 3.63) is 308 Å². The number of benzene rings is 9. The van der Waals surface area contributed by atoms with Gasteiger partial charge in [-0.2, -0.15) is 0 Å². The van der Waals surface area contributed by atoms with Crippen LogP contribution in [-0.4, -0.2) is 9.97 Å². The molecule has 0 aliphatic heterocycles. The normalized spacial score (nSPS) is 11.8. The minimum atomic E-state index is -0.102. The summed E-state index contributed by atoms with van der Waals surface area (Å²) in [5.74, 6) is 0.580. The molecular weight excluding hydrogens is 891 g/mol. The standard InChI is InChI=1S/C68H51N3S/c1-4-57(49-28-12-5-13-29-49)47(2)71(48(3)59(50-30-14-6-15-31-50)46-60(51-32-16-7-17-33-51)52-34-18-8-19-35-52)66-61(53-36-20-9-21-37-53)44-56(45-62(66)54-38-22-10-23-39-54)64-67-65(58-42-26-27-43-63(58)72-67)70-68(69-64)55-40-24-11-25-41-55/h4-46,60H,2-3H2,1H3/b57-4+,59-46+. The van der Waals surface area contributed by atoms with Crippen molar-refractivity contribution in [2.75, 3.05) is 4.90 Å². The second kappa shape index (κ2) is 20.6. The van der Waals surface area contributed by atoms with E-state index in [0.29, 0.717) is 5.82 Å². The fourth-order valence-corrected chi connectivity index (χ4v) is 11.0. The number of aromatic nitrogens is 2. The van der Waals surface area contributed by atoms with E-state index in [1.165, 1.54) is 15.8 Å². The van der Waals surface area contributed by atoms with Crippen LogP contribution in [0.2, 0.25) is 0 Å². The maximum Gasteiger partial charge on any atom is 0.160 e. The van der Waals surface area contributed by atoms with Gasteiger partial charge < -0.3 is 4.90 Å². The molecule has 0 saturated heterocycles. The number of allylic oxidation sites excluding steroid dienone is 4. The third-order valence-electron chi connectivity index (χ3n) is 13.3. The van der Waals surface area contributed by atoms with E-state index < -0.39 is 0 Å². The van der Waals surface area contributed by atoms with Crippen LogP contribution in [0.1, 0.15) is 35.1 Å². The van der Waals surface area contributed by atoms with E-state index in [1.807, 2.05) is 18.2 Å². The van der Waals surface area contributed by atoms with Crippen LogP contribution in [0.25, 0.3) is 76.3 Å². The molecule has 0 aliphatic carbocycles. The molecule has 344 valence electrons. The highest BCUT2D eigenvalue weighted by molar-refractivity contribution is 7.26. The topological polar surface area (TPSA) is 29.0 Å². The number of nitrogens with zero attached hydrogens (tertiary/aromatic N) is 3. The van der Waals surface area contributed by atoms with Crippen molar-refractivity contribution >= 4 is 48.5 Å². The summed E-state index contributed by atoms with van der Waals surface area (Å²) in [6.45, 7) is 12.4. The molecule has 0 radical (unpaired) electrons. The van der Waals surface area contributed by atoms with E-state index in [9.17, 15) is 0 Å². The summed E-state index contributed by atoms with van der Waals surface area (Å²) in [6.07, 6.45) is 4.56. The van der Waals surface area contributed by atoms with Gasteiger partial charge in [0.25, 0.3) is 0 Å². The molecule has 0 bridgehead atoms. The Morgan fingerprint density at radius 3 is 1.42 bits per heavy atom. The molecule has 0 spiro atoms. The van der Waals surface area contributed by atoms with Gasteiger partial charge in [-0.05, 0) is 58.5 Å². The van der Waals surface area contributed by atoms with Gasteiger partial charge in [0.15, 0.2) is 5.82 Å². The summed E-state index contributed by atoms with van der Waals surface area (Å²) in [5, 5.41) is 1.12. The van der Waals surface area contributed by atoms with Gasteiger partial charge in [-0.1, -0.05) is 256 Å². The first-order valence-corrected chi connectivity index (χ1v) is 25.2. The maximum absolute atomic E-state index is 5.52. The Morgan fingerprint density at radius 2 is 0.903 bits per heavy atom. The molecule has 0 aliphatic rings. The van der Waals surface area contributed by atoms with Gasteiger partial charge in [0.1, 0.15) is 0 Å². The molecule has 0 fully saturated rings. The van der Waals surface area contributed by atoms with Crippen molar-refractivity contribution in [3.8, 4) is 44.9 Å². The first-order chi connectivity index (χ1) is 35.5. The van der Waals surface area contributed by atoms with E-state index in [-0.39, 0.29) is 5.92 Å². The van der Waals surface area contributed by atoms with E-state index in [0.717, 1.165) is 94.0 Å². The summed E-state index contributed by atoms with van der Waals surface area (Å²) in [5.41, 5.74) is 16.8. The monoisotopic (exact) mass is 941 g/mol. The zero-order chi connectivity index (χ0) is 48.8. The highest BCUT2D eigenvalue weighted by Crippen LogP contribution is 2.50. The zero-order valence-corrected chi connectivity index (χ0v) is 40.9. The van der Waals surface area contributed by atoms with Crippen LogP contribution < -0.4 is 4.90 Å². The molecule has 4 heteroatoms. The Kier molecular flexibility index (Phi) is 13.0. The fourth-order valence-electron chi connectivity index (χ4n) is 9.83. The summed E-state index contributed by atoms with van der Waals surface area (Å²) in [4.78, 5) is 13.2. The average molecular weight is 942 g/mol. The Bertz CT molecular complexity index is 3650. The first kappa shape index (κ1) is 45.5. The number of anilines is 1. The second-order valence-corrected chi connectivity index (χ2v) is 18.8. The van der Waals surface area contributed by atoms with Gasteiger partial charge in [0.05, 0.1) is 21.6 Å². The molecule has 2 aromatic heterocycles. The van der Waals surface area contributed by atoms with Gasteiger partial charge in [-0.3, -0.25) is 0 Å². The Hall–Kier alpha value is -8.96. The second-order valence-electron chi connectivity index (χ2n) is 17.7. The number of hydrogen-bond acceptors (Lipinski definition) is 4. The smallest absolute Gasteiger partial charge is 0.160 e. The van der Waals surface area contributed by atoms with E-state index in [1.54, 1.807) is 11.3 Å². The van der Waals surface area contributed by atoms with Crippen molar-refractivity contribution in [2.24, 2.45) is 0 Å².